The van der Waals surface area contributed by atoms with E-state index in [1.54, 1.807) is 32.3 Å². The summed E-state index contributed by atoms with van der Waals surface area (Å²) in [6.45, 7) is 5.05. The van der Waals surface area contributed by atoms with Gasteiger partial charge in [0.25, 0.3) is 10.0 Å². The first-order chi connectivity index (χ1) is 9.16. The highest BCUT2D eigenvalue weighted by Gasteiger charge is 2.33. The number of aromatic nitrogens is 2. The predicted octanol–water partition coefficient (Wildman–Crippen LogP) is 1.83. The van der Waals surface area contributed by atoms with Crippen LogP contribution in [-0.4, -0.2) is 45.9 Å². The second-order valence-electron chi connectivity index (χ2n) is 5.01. The summed E-state index contributed by atoms with van der Waals surface area (Å²) in [5.41, 5.74) is -1.13. The summed E-state index contributed by atoms with van der Waals surface area (Å²) in [5, 5.41) is 11.5. The smallest absolute Gasteiger partial charge is 0.262 e. The molecule has 0 aliphatic heterocycles. The van der Waals surface area contributed by atoms with E-state index in [0.29, 0.717) is 4.96 Å². The van der Waals surface area contributed by atoms with Crippen molar-refractivity contribution in [2.75, 3.05) is 13.1 Å². The number of nitrogens with zero attached hydrogens (tertiary/aromatic N) is 3. The van der Waals surface area contributed by atoms with Crippen LogP contribution in [0.15, 0.2) is 16.6 Å². The molecule has 0 radical (unpaired) electrons. The van der Waals surface area contributed by atoms with Crippen LogP contribution >= 0.6 is 22.9 Å². The standard InChI is InChI=1S/C11H16ClN3O3S2/c1-4-14(7-11(2,3)16)20(17,18)9-8(12)13-10-15(9)5-6-19-10/h5-6,16H,4,7H2,1-3H3. The molecule has 0 bridgehead atoms. The van der Waals surface area contributed by atoms with Crippen molar-refractivity contribution in [2.24, 2.45) is 0 Å². The molecule has 0 amide bonds. The molecular weight excluding hydrogens is 322 g/mol. The second-order valence-corrected chi connectivity index (χ2v) is 8.09. The van der Waals surface area contributed by atoms with Gasteiger partial charge in [-0.15, -0.1) is 11.3 Å². The highest BCUT2D eigenvalue weighted by molar-refractivity contribution is 7.89. The Kier molecular flexibility index (Phi) is 4.14. The van der Waals surface area contributed by atoms with Crippen LogP contribution in [0.25, 0.3) is 4.96 Å². The number of rotatable bonds is 5. The number of imidazole rings is 1. The number of hydrogen-bond donors (Lipinski definition) is 1. The van der Waals surface area contributed by atoms with E-state index in [-0.39, 0.29) is 23.3 Å². The van der Waals surface area contributed by atoms with Crippen LogP contribution in [0.3, 0.4) is 0 Å². The highest BCUT2D eigenvalue weighted by Crippen LogP contribution is 2.28. The molecule has 0 aromatic carbocycles. The van der Waals surface area contributed by atoms with Gasteiger partial charge < -0.3 is 5.11 Å². The summed E-state index contributed by atoms with van der Waals surface area (Å²) in [4.78, 5) is 4.55. The van der Waals surface area contributed by atoms with Gasteiger partial charge in [-0.1, -0.05) is 18.5 Å². The molecule has 0 spiro atoms. The van der Waals surface area contributed by atoms with Gasteiger partial charge in [-0.3, -0.25) is 4.40 Å². The summed E-state index contributed by atoms with van der Waals surface area (Å²) in [7, 11) is -3.82. The van der Waals surface area contributed by atoms with Gasteiger partial charge in [0.15, 0.2) is 15.1 Å². The Labute approximate surface area is 126 Å². The fourth-order valence-electron chi connectivity index (χ4n) is 1.89. The van der Waals surface area contributed by atoms with E-state index >= 15 is 0 Å². The van der Waals surface area contributed by atoms with Gasteiger partial charge in [0.05, 0.1) is 5.60 Å². The molecule has 2 rings (SSSR count). The number of likely N-dealkylation sites (N-methyl/N-ethyl adjacent to an activating group) is 1. The lowest BCUT2D eigenvalue weighted by Gasteiger charge is -2.27. The maximum Gasteiger partial charge on any atom is 0.262 e. The van der Waals surface area contributed by atoms with E-state index in [9.17, 15) is 13.5 Å². The van der Waals surface area contributed by atoms with Crippen molar-refractivity contribution in [1.29, 1.82) is 0 Å². The lowest BCUT2D eigenvalue weighted by molar-refractivity contribution is 0.0601. The SMILES string of the molecule is CCN(CC(C)(C)O)S(=O)(=O)c1c(Cl)nc2sccn12. The van der Waals surface area contributed by atoms with E-state index in [1.807, 2.05) is 0 Å². The number of sulfonamides is 1. The molecule has 20 heavy (non-hydrogen) atoms. The fourth-order valence-corrected chi connectivity index (χ4v) is 4.90. The highest BCUT2D eigenvalue weighted by atomic mass is 35.5. The summed E-state index contributed by atoms with van der Waals surface area (Å²) >= 11 is 7.28. The first kappa shape index (κ1) is 15.7. The summed E-state index contributed by atoms with van der Waals surface area (Å²) in [5.74, 6) is 0. The van der Waals surface area contributed by atoms with Crippen molar-refractivity contribution in [3.8, 4) is 0 Å². The normalized spacial score (nSPS) is 13.5. The Morgan fingerprint density at radius 2 is 2.20 bits per heavy atom. The molecule has 1 N–H and O–H groups in total. The third-order valence-corrected chi connectivity index (χ3v) is 5.76. The lowest BCUT2D eigenvalue weighted by Crippen LogP contribution is -2.42. The molecule has 2 aromatic heterocycles. The zero-order valence-corrected chi connectivity index (χ0v) is 13.8. The van der Waals surface area contributed by atoms with Crippen LogP contribution in [0.2, 0.25) is 5.15 Å². The molecule has 112 valence electrons. The van der Waals surface area contributed by atoms with Crippen LogP contribution in [0.1, 0.15) is 20.8 Å². The Hall–Kier alpha value is -0.670. The molecule has 0 saturated carbocycles. The zero-order valence-electron chi connectivity index (χ0n) is 11.4. The van der Waals surface area contributed by atoms with Gasteiger partial charge in [-0.2, -0.15) is 4.31 Å². The Morgan fingerprint density at radius 1 is 1.55 bits per heavy atom. The number of fused-ring (bicyclic) bond motifs is 1. The lowest BCUT2D eigenvalue weighted by atomic mass is 10.1. The molecule has 0 aliphatic rings. The number of aliphatic hydroxyl groups is 1. The van der Waals surface area contributed by atoms with Crippen molar-refractivity contribution in [1.82, 2.24) is 13.7 Å². The molecule has 0 unspecified atom stereocenters. The van der Waals surface area contributed by atoms with Gasteiger partial charge in [0.1, 0.15) is 0 Å². The van der Waals surface area contributed by atoms with Crippen LogP contribution < -0.4 is 0 Å². The first-order valence-electron chi connectivity index (χ1n) is 6.00. The van der Waals surface area contributed by atoms with Gasteiger partial charge in [-0.05, 0) is 13.8 Å². The van der Waals surface area contributed by atoms with Crippen molar-refractivity contribution < 1.29 is 13.5 Å². The molecule has 6 nitrogen and oxygen atoms in total. The number of thiazole rings is 1. The molecule has 0 aliphatic carbocycles. The zero-order chi connectivity index (χ0) is 15.1. The average Bonchev–Trinajstić information content (AvgIpc) is 2.83. The fraction of sp³-hybridized carbons (Fsp3) is 0.545. The Balaban J connectivity index is 2.53. The molecule has 2 aromatic rings. The molecule has 0 fully saturated rings. The van der Waals surface area contributed by atoms with E-state index < -0.39 is 15.6 Å². The maximum absolute atomic E-state index is 12.7. The second kappa shape index (κ2) is 5.27. The third-order valence-electron chi connectivity index (χ3n) is 2.68. The van der Waals surface area contributed by atoms with E-state index in [2.05, 4.69) is 4.98 Å². The minimum atomic E-state index is -3.82. The van der Waals surface area contributed by atoms with Gasteiger partial charge >= 0.3 is 0 Å². The van der Waals surface area contributed by atoms with E-state index in [4.69, 9.17) is 11.6 Å². The van der Waals surface area contributed by atoms with Gasteiger partial charge in [0.2, 0.25) is 0 Å². The van der Waals surface area contributed by atoms with Gasteiger partial charge in [0, 0.05) is 24.7 Å². The summed E-state index contributed by atoms with van der Waals surface area (Å²) in [6, 6.07) is 0. The summed E-state index contributed by atoms with van der Waals surface area (Å²) < 4.78 is 28.1. The maximum atomic E-state index is 12.7. The minimum absolute atomic E-state index is 0.0144. The van der Waals surface area contributed by atoms with Crippen molar-refractivity contribution in [3.05, 3.63) is 16.7 Å². The van der Waals surface area contributed by atoms with Gasteiger partial charge in [-0.25, -0.2) is 13.4 Å². The van der Waals surface area contributed by atoms with Crippen LogP contribution in [0.5, 0.6) is 0 Å². The van der Waals surface area contributed by atoms with Crippen LogP contribution in [0.4, 0.5) is 0 Å². The predicted molar refractivity (Wildman–Crippen MR) is 78.8 cm³/mol. The monoisotopic (exact) mass is 337 g/mol. The average molecular weight is 338 g/mol. The summed E-state index contributed by atoms with van der Waals surface area (Å²) in [6.07, 6.45) is 1.61. The quantitative estimate of drug-likeness (QED) is 0.903. The van der Waals surface area contributed by atoms with Crippen molar-refractivity contribution in [3.63, 3.8) is 0 Å². The van der Waals surface area contributed by atoms with Crippen molar-refractivity contribution in [2.45, 2.75) is 31.4 Å². The molecule has 0 atom stereocenters. The minimum Gasteiger partial charge on any atom is -0.389 e. The molecule has 2 heterocycles. The van der Waals surface area contributed by atoms with Crippen LogP contribution in [-0.2, 0) is 10.0 Å². The third kappa shape index (κ3) is 2.84. The molecule has 9 heteroatoms. The van der Waals surface area contributed by atoms with Crippen molar-refractivity contribution >= 4 is 37.9 Å². The molecule has 0 saturated heterocycles. The Morgan fingerprint density at radius 3 is 2.75 bits per heavy atom. The number of hydrogen-bond acceptors (Lipinski definition) is 5. The van der Waals surface area contributed by atoms with E-state index in [0.717, 1.165) is 0 Å². The topological polar surface area (TPSA) is 74.9 Å². The first-order valence-corrected chi connectivity index (χ1v) is 8.70. The largest absolute Gasteiger partial charge is 0.389 e. The van der Waals surface area contributed by atoms with Crippen LogP contribution in [0, 0.1) is 0 Å². The molecular formula is C11H16ClN3O3S2. The Bertz CT molecular complexity index is 715. The number of halogens is 1. The van der Waals surface area contributed by atoms with E-state index in [1.165, 1.54) is 20.0 Å².